The minimum atomic E-state index is -0.444. The molecule has 0 atom stereocenters. The number of hydrogen-bond acceptors (Lipinski definition) is 5. The Morgan fingerprint density at radius 3 is 1.80 bits per heavy atom. The molecule has 1 heterocycles. The summed E-state index contributed by atoms with van der Waals surface area (Å²) in [6.45, 7) is 3.04. The van der Waals surface area contributed by atoms with Crippen LogP contribution < -0.4 is 4.74 Å². The fraction of sp³-hybridized carbons (Fsp3) is 0.600. The van der Waals surface area contributed by atoms with Gasteiger partial charge in [-0.15, -0.1) is 0 Å². The van der Waals surface area contributed by atoms with Crippen molar-refractivity contribution < 1.29 is 14.2 Å². The first-order valence-electron chi connectivity index (χ1n) is 11.4. The van der Waals surface area contributed by atoms with Crippen molar-refractivity contribution in [3.8, 4) is 17.1 Å². The van der Waals surface area contributed by atoms with Crippen molar-refractivity contribution in [3.05, 3.63) is 42.2 Å². The van der Waals surface area contributed by atoms with Crippen LogP contribution in [-0.2, 0) is 9.47 Å². The van der Waals surface area contributed by atoms with E-state index in [2.05, 4.69) is 16.9 Å². The van der Waals surface area contributed by atoms with E-state index in [4.69, 9.17) is 14.2 Å². The predicted molar refractivity (Wildman–Crippen MR) is 122 cm³/mol. The Morgan fingerprint density at radius 2 is 1.27 bits per heavy atom. The molecule has 1 aromatic heterocycles. The molecule has 0 amide bonds. The monoisotopic (exact) mass is 414 g/mol. The third kappa shape index (κ3) is 8.80. The second-order valence-electron chi connectivity index (χ2n) is 7.70. The third-order valence-electron chi connectivity index (χ3n) is 5.25. The van der Waals surface area contributed by atoms with E-state index in [1.807, 2.05) is 24.3 Å². The molecule has 0 aliphatic carbocycles. The van der Waals surface area contributed by atoms with E-state index in [0.717, 1.165) is 29.9 Å². The van der Waals surface area contributed by atoms with E-state index in [0.29, 0.717) is 5.82 Å². The van der Waals surface area contributed by atoms with Crippen molar-refractivity contribution in [2.24, 2.45) is 0 Å². The fourth-order valence-corrected chi connectivity index (χ4v) is 3.46. The highest BCUT2D eigenvalue weighted by Crippen LogP contribution is 2.21. The average Bonchev–Trinajstić information content (AvgIpc) is 2.79. The number of ether oxygens (including phenoxy) is 3. The van der Waals surface area contributed by atoms with Gasteiger partial charge in [-0.05, 0) is 30.7 Å². The zero-order chi connectivity index (χ0) is 21.4. The highest BCUT2D eigenvalue weighted by atomic mass is 16.7. The highest BCUT2D eigenvalue weighted by molar-refractivity contribution is 5.55. The molecule has 0 radical (unpaired) electrons. The molecule has 0 spiro atoms. The van der Waals surface area contributed by atoms with E-state index in [-0.39, 0.29) is 0 Å². The lowest BCUT2D eigenvalue weighted by molar-refractivity contribution is -0.106. The summed E-state index contributed by atoms with van der Waals surface area (Å²) in [6.07, 6.45) is 16.4. The Balaban J connectivity index is 1.63. The molecule has 30 heavy (non-hydrogen) atoms. The maximum atomic E-state index is 5.87. The lowest BCUT2D eigenvalue weighted by atomic mass is 10.1. The molecular weight excluding hydrogens is 376 g/mol. The van der Waals surface area contributed by atoms with Crippen LogP contribution in [0, 0.1) is 0 Å². The van der Waals surface area contributed by atoms with Gasteiger partial charge in [0.05, 0.1) is 6.61 Å². The van der Waals surface area contributed by atoms with Gasteiger partial charge < -0.3 is 14.2 Å². The molecule has 1 aromatic carbocycles. The van der Waals surface area contributed by atoms with Crippen molar-refractivity contribution in [3.63, 3.8) is 0 Å². The van der Waals surface area contributed by atoms with Crippen molar-refractivity contribution in [1.29, 1.82) is 0 Å². The molecule has 2 rings (SSSR count). The lowest BCUT2D eigenvalue weighted by Crippen LogP contribution is -2.05. The van der Waals surface area contributed by atoms with Gasteiger partial charge in [-0.1, -0.05) is 64.7 Å². The molecule has 166 valence electrons. The van der Waals surface area contributed by atoms with Gasteiger partial charge >= 0.3 is 0 Å². The molecule has 0 unspecified atom stereocenters. The lowest BCUT2D eigenvalue weighted by Gasteiger charge is -2.12. The molecule has 2 aromatic rings. The van der Waals surface area contributed by atoms with Crippen LogP contribution in [-0.4, -0.2) is 30.8 Å². The Morgan fingerprint density at radius 1 is 0.733 bits per heavy atom. The predicted octanol–water partition coefficient (Wildman–Crippen LogP) is 6.73. The molecular formula is C25H38N2O3. The Labute approximate surface area is 182 Å². The summed E-state index contributed by atoms with van der Waals surface area (Å²) < 4.78 is 16.3. The number of aromatic nitrogens is 2. The van der Waals surface area contributed by atoms with Crippen molar-refractivity contribution in [1.82, 2.24) is 9.97 Å². The standard InChI is InChI=1S/C25H38N2O3/c1-4-5-6-7-8-9-10-11-12-13-18-30-23-16-14-21(15-17-23)24-26-19-22(20-27-24)25(28-2)29-3/h14-17,19-20,25H,4-13,18H2,1-3H3. The molecule has 0 fully saturated rings. The van der Waals surface area contributed by atoms with Gasteiger partial charge in [0.2, 0.25) is 0 Å². The zero-order valence-electron chi connectivity index (χ0n) is 18.9. The van der Waals surface area contributed by atoms with Crippen LogP contribution >= 0.6 is 0 Å². The quantitative estimate of drug-likeness (QED) is 0.225. The number of hydrogen-bond donors (Lipinski definition) is 0. The van der Waals surface area contributed by atoms with Gasteiger partial charge in [0.15, 0.2) is 12.1 Å². The van der Waals surface area contributed by atoms with E-state index in [1.165, 1.54) is 57.8 Å². The minimum absolute atomic E-state index is 0.444. The third-order valence-corrected chi connectivity index (χ3v) is 5.25. The SMILES string of the molecule is CCCCCCCCCCCCOc1ccc(-c2ncc(C(OC)OC)cn2)cc1. The first kappa shape index (κ1) is 24.3. The van der Waals surface area contributed by atoms with Crippen LogP contribution in [0.1, 0.15) is 83.0 Å². The van der Waals surface area contributed by atoms with Crippen molar-refractivity contribution in [2.75, 3.05) is 20.8 Å². The van der Waals surface area contributed by atoms with Crippen LogP contribution in [0.25, 0.3) is 11.4 Å². The highest BCUT2D eigenvalue weighted by Gasteiger charge is 2.10. The molecule has 0 aliphatic heterocycles. The maximum Gasteiger partial charge on any atom is 0.186 e. The Bertz CT molecular complexity index is 670. The van der Waals surface area contributed by atoms with Gasteiger partial charge in [-0.3, -0.25) is 0 Å². The molecule has 0 bridgehead atoms. The molecule has 0 N–H and O–H groups in total. The number of methoxy groups -OCH3 is 2. The summed E-state index contributed by atoms with van der Waals surface area (Å²) in [5.74, 6) is 1.57. The molecule has 0 saturated carbocycles. The van der Waals surface area contributed by atoms with Crippen LogP contribution in [0.3, 0.4) is 0 Å². The van der Waals surface area contributed by atoms with Crippen molar-refractivity contribution in [2.45, 2.75) is 77.4 Å². The van der Waals surface area contributed by atoms with Crippen molar-refractivity contribution >= 4 is 0 Å². The second kappa shape index (κ2) is 14.9. The second-order valence-corrected chi connectivity index (χ2v) is 7.70. The normalized spacial score (nSPS) is 11.2. The number of rotatable bonds is 16. The van der Waals surface area contributed by atoms with Crippen LogP contribution in [0.5, 0.6) is 5.75 Å². The molecule has 5 heteroatoms. The number of benzene rings is 1. The van der Waals surface area contributed by atoms with Crippen LogP contribution in [0.15, 0.2) is 36.7 Å². The first-order chi connectivity index (χ1) is 14.8. The summed E-state index contributed by atoms with van der Waals surface area (Å²) in [4.78, 5) is 8.83. The summed E-state index contributed by atoms with van der Waals surface area (Å²) >= 11 is 0. The Kier molecular flexibility index (Phi) is 12.1. The molecule has 0 saturated heterocycles. The summed E-state index contributed by atoms with van der Waals surface area (Å²) in [5, 5.41) is 0. The van der Waals surface area contributed by atoms with Crippen LogP contribution in [0.4, 0.5) is 0 Å². The van der Waals surface area contributed by atoms with E-state index < -0.39 is 6.29 Å². The van der Waals surface area contributed by atoms with Gasteiger partial charge in [0.1, 0.15) is 5.75 Å². The average molecular weight is 415 g/mol. The van der Waals surface area contributed by atoms with Crippen LogP contribution in [0.2, 0.25) is 0 Å². The molecule has 0 aliphatic rings. The summed E-state index contributed by atoms with van der Waals surface area (Å²) in [5.41, 5.74) is 1.75. The summed E-state index contributed by atoms with van der Waals surface area (Å²) in [6, 6.07) is 7.95. The topological polar surface area (TPSA) is 53.5 Å². The largest absolute Gasteiger partial charge is 0.494 e. The van der Waals surface area contributed by atoms with E-state index in [9.17, 15) is 0 Å². The Hall–Kier alpha value is -1.98. The van der Waals surface area contributed by atoms with E-state index >= 15 is 0 Å². The van der Waals surface area contributed by atoms with Gasteiger partial charge in [0.25, 0.3) is 0 Å². The maximum absolute atomic E-state index is 5.87. The smallest absolute Gasteiger partial charge is 0.186 e. The number of nitrogens with zero attached hydrogens (tertiary/aromatic N) is 2. The minimum Gasteiger partial charge on any atom is -0.494 e. The first-order valence-corrected chi connectivity index (χ1v) is 11.4. The molecule has 5 nitrogen and oxygen atoms in total. The zero-order valence-corrected chi connectivity index (χ0v) is 18.9. The fourth-order valence-electron chi connectivity index (χ4n) is 3.46. The van der Waals surface area contributed by atoms with Gasteiger partial charge in [-0.25, -0.2) is 9.97 Å². The van der Waals surface area contributed by atoms with E-state index in [1.54, 1.807) is 26.6 Å². The van der Waals surface area contributed by atoms with Gasteiger partial charge in [-0.2, -0.15) is 0 Å². The van der Waals surface area contributed by atoms with Gasteiger partial charge in [0, 0.05) is 37.7 Å². The summed E-state index contributed by atoms with van der Waals surface area (Å²) in [7, 11) is 3.19. The number of unbranched alkanes of at least 4 members (excludes halogenated alkanes) is 9.